The minimum atomic E-state index is 0.642. The van der Waals surface area contributed by atoms with E-state index in [-0.39, 0.29) is 0 Å². The van der Waals surface area contributed by atoms with Crippen molar-refractivity contribution >= 4 is 0 Å². The molecule has 0 spiro atoms. The second kappa shape index (κ2) is 3.37. The Morgan fingerprint density at radius 2 is 2.14 bits per heavy atom. The molecule has 14 heavy (non-hydrogen) atoms. The quantitative estimate of drug-likeness (QED) is 0.681. The lowest BCUT2D eigenvalue weighted by Crippen LogP contribution is -2.39. The summed E-state index contributed by atoms with van der Waals surface area (Å²) >= 11 is 0. The summed E-state index contributed by atoms with van der Waals surface area (Å²) in [6, 6.07) is 12.1. The molecule has 1 aromatic rings. The molecule has 0 N–H and O–H groups in total. The van der Waals surface area contributed by atoms with E-state index in [9.17, 15) is 0 Å². The first-order chi connectivity index (χ1) is 6.92. The number of piperazine rings is 1. The zero-order valence-corrected chi connectivity index (χ0v) is 8.26. The molecule has 2 heteroatoms. The van der Waals surface area contributed by atoms with E-state index < -0.39 is 0 Å². The van der Waals surface area contributed by atoms with Crippen LogP contribution in [-0.2, 0) is 6.54 Å². The van der Waals surface area contributed by atoms with E-state index in [1.165, 1.54) is 18.5 Å². The predicted octanol–water partition coefficient (Wildman–Crippen LogP) is 1.25. The topological polar surface area (TPSA) is 17.3 Å². The van der Waals surface area contributed by atoms with Gasteiger partial charge in [0.05, 0.1) is 0 Å². The van der Waals surface area contributed by atoms with Gasteiger partial charge in [-0.2, -0.15) is 0 Å². The van der Waals surface area contributed by atoms with Crippen LogP contribution in [0.1, 0.15) is 12.0 Å². The van der Waals surface area contributed by atoms with Crippen LogP contribution in [0, 0.1) is 0 Å². The number of likely N-dealkylation sites (tertiary alicyclic amines) is 1. The number of hydrogen-bond donors (Lipinski definition) is 0. The summed E-state index contributed by atoms with van der Waals surface area (Å²) in [6.45, 7) is 3.36. The van der Waals surface area contributed by atoms with Gasteiger partial charge in [0.15, 0.2) is 0 Å². The Hall–Kier alpha value is -0.860. The average Bonchev–Trinajstić information content (AvgIpc) is 2.81. The summed E-state index contributed by atoms with van der Waals surface area (Å²) in [7, 11) is 0. The van der Waals surface area contributed by atoms with Crippen molar-refractivity contribution in [1.29, 1.82) is 0 Å². The minimum Gasteiger partial charge on any atom is -0.293 e. The van der Waals surface area contributed by atoms with Crippen LogP contribution in [0.3, 0.4) is 0 Å². The summed E-state index contributed by atoms with van der Waals surface area (Å²) < 4.78 is 0. The van der Waals surface area contributed by atoms with Crippen LogP contribution < -0.4 is 5.32 Å². The van der Waals surface area contributed by atoms with Crippen molar-refractivity contribution in [2.75, 3.05) is 13.1 Å². The molecule has 1 radical (unpaired) electrons. The lowest BCUT2D eigenvalue weighted by Gasteiger charge is -2.26. The summed E-state index contributed by atoms with van der Waals surface area (Å²) in [5, 5.41) is 4.55. The van der Waals surface area contributed by atoms with E-state index in [4.69, 9.17) is 0 Å². The molecule has 73 valence electrons. The fourth-order valence-corrected chi connectivity index (χ4v) is 2.56. The summed E-state index contributed by atoms with van der Waals surface area (Å²) in [5.74, 6) is 0. The van der Waals surface area contributed by atoms with Gasteiger partial charge in [-0.3, -0.25) is 4.90 Å². The van der Waals surface area contributed by atoms with E-state index >= 15 is 0 Å². The van der Waals surface area contributed by atoms with Crippen molar-refractivity contribution in [3.63, 3.8) is 0 Å². The van der Waals surface area contributed by atoms with Crippen molar-refractivity contribution in [2.24, 2.45) is 0 Å². The first kappa shape index (κ1) is 8.45. The maximum Gasteiger partial charge on any atom is 0.0389 e. The van der Waals surface area contributed by atoms with Gasteiger partial charge >= 0.3 is 0 Å². The van der Waals surface area contributed by atoms with Crippen molar-refractivity contribution in [3.05, 3.63) is 35.9 Å². The van der Waals surface area contributed by atoms with Gasteiger partial charge in [-0.25, -0.2) is 5.32 Å². The third kappa shape index (κ3) is 1.45. The summed E-state index contributed by atoms with van der Waals surface area (Å²) in [5.41, 5.74) is 1.43. The van der Waals surface area contributed by atoms with Gasteiger partial charge in [-0.05, 0) is 12.0 Å². The Kier molecular flexibility index (Phi) is 2.03. The molecule has 0 saturated carbocycles. The highest BCUT2D eigenvalue weighted by atomic mass is 15.3. The van der Waals surface area contributed by atoms with Gasteiger partial charge in [0.1, 0.15) is 0 Å². The molecule has 0 aromatic heterocycles. The van der Waals surface area contributed by atoms with E-state index in [2.05, 4.69) is 40.5 Å². The molecule has 2 saturated heterocycles. The van der Waals surface area contributed by atoms with Gasteiger partial charge in [-0.15, -0.1) is 0 Å². The molecule has 2 atom stereocenters. The average molecular weight is 187 g/mol. The molecular weight excluding hydrogens is 172 g/mol. The molecule has 2 aliphatic heterocycles. The van der Waals surface area contributed by atoms with Gasteiger partial charge in [0, 0.05) is 31.7 Å². The van der Waals surface area contributed by atoms with Gasteiger partial charge in [0.25, 0.3) is 0 Å². The first-order valence-corrected chi connectivity index (χ1v) is 5.36. The van der Waals surface area contributed by atoms with Crippen molar-refractivity contribution in [2.45, 2.75) is 25.0 Å². The maximum atomic E-state index is 4.55. The number of nitrogens with zero attached hydrogens (tertiary/aromatic N) is 2. The van der Waals surface area contributed by atoms with Crippen LogP contribution in [0.15, 0.2) is 30.3 Å². The fraction of sp³-hybridized carbons (Fsp3) is 0.500. The maximum absolute atomic E-state index is 4.55. The summed E-state index contributed by atoms with van der Waals surface area (Å²) in [4.78, 5) is 2.58. The normalized spacial score (nSPS) is 31.1. The summed E-state index contributed by atoms with van der Waals surface area (Å²) in [6.07, 6.45) is 1.30. The van der Waals surface area contributed by atoms with Gasteiger partial charge < -0.3 is 0 Å². The van der Waals surface area contributed by atoms with Crippen LogP contribution in [0.2, 0.25) is 0 Å². The molecule has 2 heterocycles. The van der Waals surface area contributed by atoms with E-state index in [1.54, 1.807) is 0 Å². The Balaban J connectivity index is 1.69. The molecule has 2 aliphatic rings. The second-order valence-corrected chi connectivity index (χ2v) is 4.32. The molecule has 2 bridgehead atoms. The Labute approximate surface area is 84.9 Å². The van der Waals surface area contributed by atoms with Gasteiger partial charge in [-0.1, -0.05) is 30.3 Å². The largest absolute Gasteiger partial charge is 0.293 e. The highest BCUT2D eigenvalue weighted by Gasteiger charge is 2.38. The first-order valence-electron chi connectivity index (χ1n) is 5.36. The number of hydrogen-bond acceptors (Lipinski definition) is 1. The van der Waals surface area contributed by atoms with E-state index in [0.717, 1.165) is 19.1 Å². The second-order valence-electron chi connectivity index (χ2n) is 4.32. The zero-order chi connectivity index (χ0) is 9.38. The molecule has 2 nitrogen and oxygen atoms in total. The SMILES string of the molecule is c1ccc(CN2C[C@H]3C[C@@H]2C[N]3)cc1. The Morgan fingerprint density at radius 3 is 2.79 bits per heavy atom. The third-order valence-electron chi connectivity index (χ3n) is 3.31. The lowest BCUT2D eigenvalue weighted by atomic mass is 10.2. The predicted molar refractivity (Wildman–Crippen MR) is 56.0 cm³/mol. The molecular formula is C12H15N2. The highest BCUT2D eigenvalue weighted by Crippen LogP contribution is 2.25. The molecule has 0 amide bonds. The standard InChI is InChI=1S/C12H15N2/c1-2-4-10(5-3-1)8-14-9-11-6-12(14)7-13-11/h1-5,11-12H,6-9H2/t11-,12-/m1/s1. The van der Waals surface area contributed by atoms with Crippen molar-refractivity contribution < 1.29 is 0 Å². The monoisotopic (exact) mass is 187 g/mol. The zero-order valence-electron chi connectivity index (χ0n) is 8.26. The van der Waals surface area contributed by atoms with Crippen LogP contribution in [-0.4, -0.2) is 30.1 Å². The number of fused-ring (bicyclic) bond motifs is 2. The smallest absolute Gasteiger partial charge is 0.0389 e. The minimum absolute atomic E-state index is 0.642. The molecule has 0 unspecified atom stereocenters. The molecule has 1 aromatic carbocycles. The fourth-order valence-electron chi connectivity index (χ4n) is 2.56. The van der Waals surface area contributed by atoms with E-state index in [0.29, 0.717) is 6.04 Å². The molecule has 2 fully saturated rings. The van der Waals surface area contributed by atoms with Crippen molar-refractivity contribution in [1.82, 2.24) is 10.2 Å². The van der Waals surface area contributed by atoms with Crippen molar-refractivity contribution in [3.8, 4) is 0 Å². The molecule has 3 rings (SSSR count). The number of benzene rings is 1. The van der Waals surface area contributed by atoms with Crippen LogP contribution in [0.5, 0.6) is 0 Å². The third-order valence-corrected chi connectivity index (χ3v) is 3.31. The van der Waals surface area contributed by atoms with E-state index in [1.807, 2.05) is 0 Å². The van der Waals surface area contributed by atoms with Crippen LogP contribution in [0.4, 0.5) is 0 Å². The lowest BCUT2D eigenvalue weighted by molar-refractivity contribution is 0.216. The highest BCUT2D eigenvalue weighted by molar-refractivity contribution is 5.15. The van der Waals surface area contributed by atoms with Crippen LogP contribution >= 0.6 is 0 Å². The Bertz CT molecular complexity index is 309. The Morgan fingerprint density at radius 1 is 1.29 bits per heavy atom. The molecule has 0 aliphatic carbocycles. The number of rotatable bonds is 2. The van der Waals surface area contributed by atoms with Gasteiger partial charge in [0.2, 0.25) is 0 Å². The van der Waals surface area contributed by atoms with Crippen LogP contribution in [0.25, 0.3) is 0 Å².